The quantitative estimate of drug-likeness (QED) is 0.116. The van der Waals surface area contributed by atoms with Gasteiger partial charge in [0, 0.05) is 5.56 Å². The normalized spacial score (nSPS) is 11.2. The zero-order chi connectivity index (χ0) is 24.5. The predicted molar refractivity (Wildman–Crippen MR) is 135 cm³/mol. The first-order valence-corrected chi connectivity index (χ1v) is 13.4. The van der Waals surface area contributed by atoms with Crippen molar-refractivity contribution in [2.24, 2.45) is 0 Å². The largest absolute Gasteiger partial charge is 0.504 e. The molecular weight excluding hydrogens is 416 g/mol. The number of hydrogen-bond donors (Lipinski definition) is 2. The van der Waals surface area contributed by atoms with Gasteiger partial charge in [0.1, 0.15) is 5.56 Å². The van der Waals surface area contributed by atoms with Crippen LogP contribution < -0.4 is 4.89 Å². The van der Waals surface area contributed by atoms with E-state index in [0.717, 1.165) is 80.9 Å². The van der Waals surface area contributed by atoms with Crippen LogP contribution in [0.2, 0.25) is 0 Å². The third-order valence-electron chi connectivity index (χ3n) is 6.28. The van der Waals surface area contributed by atoms with Gasteiger partial charge in [-0.05, 0) is 56.1 Å². The van der Waals surface area contributed by atoms with Gasteiger partial charge in [0.2, 0.25) is 5.75 Å². The maximum atomic E-state index is 12.2. The van der Waals surface area contributed by atoms with Gasteiger partial charge in [-0.15, -0.1) is 0 Å². The molecule has 0 amide bonds. The first-order chi connectivity index (χ1) is 16.0. The van der Waals surface area contributed by atoms with Gasteiger partial charge in [0.05, 0.1) is 6.61 Å². The van der Waals surface area contributed by atoms with Crippen molar-refractivity contribution in [3.05, 3.63) is 22.3 Å². The summed E-state index contributed by atoms with van der Waals surface area (Å²) in [7, 11) is 0. The number of carbonyl (C=O) groups is 1. The number of carboxylic acid groups (broad SMARTS) is 1. The summed E-state index contributed by atoms with van der Waals surface area (Å²) in [4.78, 5) is 23.4. The van der Waals surface area contributed by atoms with E-state index in [1.807, 2.05) is 0 Å². The summed E-state index contributed by atoms with van der Waals surface area (Å²) in [6, 6.07) is 0. The molecule has 0 fully saturated rings. The van der Waals surface area contributed by atoms with E-state index in [4.69, 9.17) is 9.78 Å². The molecular formula is C28H48O5. The summed E-state index contributed by atoms with van der Waals surface area (Å²) in [6.45, 7) is 9.02. The van der Waals surface area contributed by atoms with Crippen LogP contribution in [-0.2, 0) is 24.2 Å². The lowest BCUT2D eigenvalue weighted by Gasteiger charge is -2.22. The zero-order valence-corrected chi connectivity index (χ0v) is 21.6. The molecule has 2 N–H and O–H groups in total. The number of unbranched alkanes of at least 4 members (excludes halogenated alkanes) is 9. The molecule has 0 aromatic heterocycles. The Balaban J connectivity index is 3.12. The molecule has 0 unspecified atom stereocenters. The van der Waals surface area contributed by atoms with E-state index in [1.54, 1.807) is 0 Å². The SMILES string of the molecule is CCCCCCCCCOOc1c(O)c(C(=O)O)c(CCCC)c(CCCC)c1CCCC. The van der Waals surface area contributed by atoms with Crippen LogP contribution in [0.3, 0.4) is 0 Å². The fraction of sp³-hybridized carbons (Fsp3) is 0.750. The highest BCUT2D eigenvalue weighted by Crippen LogP contribution is 2.42. The smallest absolute Gasteiger partial charge is 0.339 e. The molecule has 1 aromatic carbocycles. The van der Waals surface area contributed by atoms with Gasteiger partial charge in [0.15, 0.2) is 5.75 Å². The van der Waals surface area contributed by atoms with Crippen LogP contribution in [0.25, 0.3) is 0 Å². The van der Waals surface area contributed by atoms with Gasteiger partial charge in [-0.1, -0.05) is 85.5 Å². The molecule has 190 valence electrons. The summed E-state index contributed by atoms with van der Waals surface area (Å²) >= 11 is 0. The number of benzene rings is 1. The number of phenols is 1. The van der Waals surface area contributed by atoms with Gasteiger partial charge in [-0.25, -0.2) is 4.79 Å². The number of aromatic carboxylic acids is 1. The summed E-state index contributed by atoms with van der Waals surface area (Å²) in [6.07, 6.45) is 16.2. The minimum Gasteiger partial charge on any atom is -0.504 e. The zero-order valence-electron chi connectivity index (χ0n) is 21.6. The maximum absolute atomic E-state index is 12.2. The molecule has 5 nitrogen and oxygen atoms in total. The van der Waals surface area contributed by atoms with Crippen LogP contribution >= 0.6 is 0 Å². The highest BCUT2D eigenvalue weighted by molar-refractivity contribution is 5.94. The Kier molecular flexibility index (Phi) is 15.7. The minimum atomic E-state index is -1.10. The van der Waals surface area contributed by atoms with Crippen LogP contribution in [0.5, 0.6) is 11.5 Å². The first-order valence-electron chi connectivity index (χ1n) is 13.4. The van der Waals surface area contributed by atoms with Crippen LogP contribution in [0.1, 0.15) is 138 Å². The molecule has 0 aliphatic carbocycles. The lowest BCUT2D eigenvalue weighted by atomic mass is 9.86. The fourth-order valence-electron chi connectivity index (χ4n) is 4.31. The Morgan fingerprint density at radius 3 is 1.70 bits per heavy atom. The van der Waals surface area contributed by atoms with Gasteiger partial charge in [-0.3, -0.25) is 0 Å². The van der Waals surface area contributed by atoms with Gasteiger partial charge >= 0.3 is 5.97 Å². The molecule has 0 aliphatic heterocycles. The summed E-state index contributed by atoms with van der Waals surface area (Å²) < 4.78 is 0. The molecule has 1 rings (SSSR count). The standard InChI is InChI=1S/C28H48O5/c1-5-9-13-14-15-16-17-21-32-33-27-24(20-12-8-4)22(18-10-6-2)23(19-11-7-3)25(26(27)29)28(30)31/h29H,5-21H2,1-4H3,(H,30,31). The van der Waals surface area contributed by atoms with Crippen molar-refractivity contribution in [2.45, 2.75) is 130 Å². The molecule has 0 bridgehead atoms. The molecule has 0 atom stereocenters. The van der Waals surface area contributed by atoms with E-state index in [0.29, 0.717) is 13.0 Å². The molecule has 0 saturated heterocycles. The molecule has 33 heavy (non-hydrogen) atoms. The molecule has 0 saturated carbocycles. The Morgan fingerprint density at radius 1 is 0.667 bits per heavy atom. The Bertz CT molecular complexity index is 684. The maximum Gasteiger partial charge on any atom is 0.339 e. The van der Waals surface area contributed by atoms with Crippen LogP contribution in [0.15, 0.2) is 0 Å². The molecule has 0 spiro atoms. The highest BCUT2D eigenvalue weighted by Gasteiger charge is 2.28. The van der Waals surface area contributed by atoms with E-state index in [2.05, 4.69) is 27.7 Å². The topological polar surface area (TPSA) is 76.0 Å². The fourth-order valence-corrected chi connectivity index (χ4v) is 4.31. The molecule has 5 heteroatoms. The van der Waals surface area contributed by atoms with Gasteiger partial charge in [0.25, 0.3) is 0 Å². The van der Waals surface area contributed by atoms with E-state index < -0.39 is 5.97 Å². The average molecular weight is 465 g/mol. The molecule has 0 aliphatic rings. The Morgan fingerprint density at radius 2 is 1.15 bits per heavy atom. The van der Waals surface area contributed by atoms with E-state index >= 15 is 0 Å². The first kappa shape index (κ1) is 29.3. The second-order valence-electron chi connectivity index (χ2n) is 9.13. The van der Waals surface area contributed by atoms with Crippen LogP contribution in [0, 0.1) is 0 Å². The second-order valence-corrected chi connectivity index (χ2v) is 9.13. The van der Waals surface area contributed by atoms with Crippen molar-refractivity contribution in [1.29, 1.82) is 0 Å². The van der Waals surface area contributed by atoms with Crippen molar-refractivity contribution in [1.82, 2.24) is 0 Å². The Hall–Kier alpha value is -1.75. The number of carboxylic acids is 1. The van der Waals surface area contributed by atoms with E-state index in [9.17, 15) is 15.0 Å². The van der Waals surface area contributed by atoms with E-state index in [1.165, 1.54) is 32.1 Å². The van der Waals surface area contributed by atoms with Crippen LogP contribution in [0.4, 0.5) is 0 Å². The summed E-state index contributed by atoms with van der Waals surface area (Å²) in [5.74, 6) is -1.16. The summed E-state index contributed by atoms with van der Waals surface area (Å²) in [5.41, 5.74) is 2.74. The van der Waals surface area contributed by atoms with Gasteiger partial charge < -0.3 is 15.1 Å². The predicted octanol–water partition coefficient (Wildman–Crippen LogP) is 8.18. The van der Waals surface area contributed by atoms with E-state index in [-0.39, 0.29) is 17.1 Å². The van der Waals surface area contributed by atoms with Crippen molar-refractivity contribution in [2.75, 3.05) is 6.61 Å². The monoisotopic (exact) mass is 464 g/mol. The average Bonchev–Trinajstić information content (AvgIpc) is 2.80. The molecule has 1 aromatic rings. The van der Waals surface area contributed by atoms with Crippen molar-refractivity contribution < 1.29 is 24.8 Å². The van der Waals surface area contributed by atoms with Gasteiger partial charge in [-0.2, -0.15) is 4.89 Å². The summed E-state index contributed by atoms with van der Waals surface area (Å²) in [5, 5.41) is 21.0. The third-order valence-corrected chi connectivity index (χ3v) is 6.28. The number of rotatable bonds is 20. The van der Waals surface area contributed by atoms with Crippen molar-refractivity contribution in [3.63, 3.8) is 0 Å². The highest BCUT2D eigenvalue weighted by atomic mass is 17.2. The number of hydrogen-bond acceptors (Lipinski definition) is 4. The van der Waals surface area contributed by atoms with Crippen molar-refractivity contribution >= 4 is 5.97 Å². The van der Waals surface area contributed by atoms with Crippen molar-refractivity contribution in [3.8, 4) is 11.5 Å². The number of aromatic hydroxyl groups is 1. The molecule has 0 radical (unpaired) electrons. The van der Waals surface area contributed by atoms with Crippen LogP contribution in [-0.4, -0.2) is 22.8 Å². The second kappa shape index (κ2) is 17.7. The lowest BCUT2D eigenvalue weighted by molar-refractivity contribution is -0.208. The molecule has 0 heterocycles. The lowest BCUT2D eigenvalue weighted by Crippen LogP contribution is -2.13. The Labute approximate surface area is 201 Å². The minimum absolute atomic E-state index is 0.00988. The third kappa shape index (κ3) is 9.95.